The molecule has 0 radical (unpaired) electrons. The van der Waals surface area contributed by atoms with E-state index in [0.29, 0.717) is 19.1 Å². The first kappa shape index (κ1) is 19.3. The van der Waals surface area contributed by atoms with Crippen LogP contribution in [0.2, 0.25) is 0 Å². The summed E-state index contributed by atoms with van der Waals surface area (Å²) < 4.78 is 10.8. The molecule has 0 saturated heterocycles. The molecule has 0 aliphatic carbocycles. The van der Waals surface area contributed by atoms with Gasteiger partial charge in [0.15, 0.2) is 0 Å². The first-order valence-corrected chi connectivity index (χ1v) is 9.02. The van der Waals surface area contributed by atoms with Crippen molar-refractivity contribution in [2.24, 2.45) is 0 Å². The molecule has 0 saturated carbocycles. The molecule has 0 aliphatic heterocycles. The normalized spacial score (nSPS) is 10.2. The summed E-state index contributed by atoms with van der Waals surface area (Å²) >= 11 is 0. The minimum absolute atomic E-state index is 0.499. The van der Waals surface area contributed by atoms with Crippen molar-refractivity contribution in [3.8, 4) is 11.5 Å². The SMILES string of the molecule is COc1ccc(OCCNc2nccc(Nc3ccc(N(C)C)cc3)n2)cc1. The van der Waals surface area contributed by atoms with Crippen molar-refractivity contribution >= 4 is 23.1 Å². The predicted octanol–water partition coefficient (Wildman–Crippen LogP) is 3.79. The second-order valence-corrected chi connectivity index (χ2v) is 6.28. The highest BCUT2D eigenvalue weighted by Crippen LogP contribution is 2.19. The van der Waals surface area contributed by atoms with Gasteiger partial charge in [-0.3, -0.25) is 0 Å². The number of aromatic nitrogens is 2. The molecule has 7 heteroatoms. The molecule has 0 unspecified atom stereocenters. The van der Waals surface area contributed by atoms with Gasteiger partial charge in [-0.15, -0.1) is 0 Å². The highest BCUT2D eigenvalue weighted by atomic mass is 16.5. The third kappa shape index (κ3) is 5.51. The van der Waals surface area contributed by atoms with E-state index in [-0.39, 0.29) is 0 Å². The molecular weight excluding hydrogens is 354 g/mol. The van der Waals surface area contributed by atoms with E-state index in [9.17, 15) is 0 Å². The lowest BCUT2D eigenvalue weighted by atomic mass is 10.2. The van der Waals surface area contributed by atoms with Crippen molar-refractivity contribution in [2.75, 3.05) is 49.9 Å². The van der Waals surface area contributed by atoms with Gasteiger partial charge in [0, 0.05) is 31.7 Å². The Labute approximate surface area is 165 Å². The maximum atomic E-state index is 5.69. The molecule has 146 valence electrons. The van der Waals surface area contributed by atoms with Gasteiger partial charge in [-0.05, 0) is 54.6 Å². The van der Waals surface area contributed by atoms with E-state index in [1.165, 1.54) is 0 Å². The molecule has 0 amide bonds. The first-order valence-electron chi connectivity index (χ1n) is 9.02. The average Bonchev–Trinajstić information content (AvgIpc) is 2.72. The molecule has 0 spiro atoms. The highest BCUT2D eigenvalue weighted by Gasteiger charge is 2.02. The van der Waals surface area contributed by atoms with E-state index in [1.54, 1.807) is 13.3 Å². The van der Waals surface area contributed by atoms with E-state index >= 15 is 0 Å². The van der Waals surface area contributed by atoms with E-state index in [0.717, 1.165) is 28.7 Å². The predicted molar refractivity (Wildman–Crippen MR) is 113 cm³/mol. The van der Waals surface area contributed by atoms with E-state index < -0.39 is 0 Å². The fraction of sp³-hybridized carbons (Fsp3) is 0.238. The van der Waals surface area contributed by atoms with Gasteiger partial charge in [0.1, 0.15) is 23.9 Å². The zero-order chi connectivity index (χ0) is 19.8. The summed E-state index contributed by atoms with van der Waals surface area (Å²) in [5.41, 5.74) is 2.12. The summed E-state index contributed by atoms with van der Waals surface area (Å²) in [5, 5.41) is 6.45. The molecule has 1 heterocycles. The Morgan fingerprint density at radius 3 is 2.32 bits per heavy atom. The molecule has 0 aliphatic rings. The van der Waals surface area contributed by atoms with Crippen molar-refractivity contribution in [1.29, 1.82) is 0 Å². The molecule has 0 fully saturated rings. The number of benzene rings is 2. The number of hydrogen-bond donors (Lipinski definition) is 2. The van der Waals surface area contributed by atoms with Crippen molar-refractivity contribution in [1.82, 2.24) is 9.97 Å². The fourth-order valence-electron chi connectivity index (χ4n) is 2.51. The van der Waals surface area contributed by atoms with Crippen LogP contribution in [0.5, 0.6) is 11.5 Å². The van der Waals surface area contributed by atoms with Crippen LogP contribution in [0.4, 0.5) is 23.1 Å². The number of ether oxygens (including phenoxy) is 2. The zero-order valence-electron chi connectivity index (χ0n) is 16.3. The summed E-state index contributed by atoms with van der Waals surface area (Å²) in [6.45, 7) is 1.09. The van der Waals surface area contributed by atoms with Crippen molar-refractivity contribution in [2.45, 2.75) is 0 Å². The van der Waals surface area contributed by atoms with Crippen molar-refractivity contribution in [3.63, 3.8) is 0 Å². The average molecular weight is 379 g/mol. The van der Waals surface area contributed by atoms with E-state index in [2.05, 4.69) is 37.6 Å². The molecule has 7 nitrogen and oxygen atoms in total. The summed E-state index contributed by atoms with van der Waals surface area (Å²) in [7, 11) is 5.67. The second kappa shape index (κ2) is 9.45. The van der Waals surface area contributed by atoms with Crippen LogP contribution in [0.25, 0.3) is 0 Å². The van der Waals surface area contributed by atoms with Gasteiger partial charge >= 0.3 is 0 Å². The van der Waals surface area contributed by atoms with E-state index in [4.69, 9.17) is 9.47 Å². The number of rotatable bonds is 9. The minimum atomic E-state index is 0.499. The largest absolute Gasteiger partial charge is 0.497 e. The smallest absolute Gasteiger partial charge is 0.224 e. The summed E-state index contributed by atoms with van der Waals surface area (Å²) in [6.07, 6.45) is 1.72. The van der Waals surface area contributed by atoms with Gasteiger partial charge in [0.25, 0.3) is 0 Å². The van der Waals surface area contributed by atoms with Crippen LogP contribution in [0.15, 0.2) is 60.8 Å². The van der Waals surface area contributed by atoms with Crippen LogP contribution in [-0.4, -0.2) is 44.3 Å². The first-order chi connectivity index (χ1) is 13.6. The van der Waals surface area contributed by atoms with Gasteiger partial charge in [-0.2, -0.15) is 4.98 Å². The lowest BCUT2D eigenvalue weighted by Gasteiger charge is -2.13. The van der Waals surface area contributed by atoms with Gasteiger partial charge in [-0.25, -0.2) is 4.98 Å². The van der Waals surface area contributed by atoms with Crippen LogP contribution in [0.1, 0.15) is 0 Å². The molecule has 2 aromatic carbocycles. The van der Waals surface area contributed by atoms with Crippen LogP contribution >= 0.6 is 0 Å². The van der Waals surface area contributed by atoms with Crippen LogP contribution in [-0.2, 0) is 0 Å². The lowest BCUT2D eigenvalue weighted by Crippen LogP contribution is -2.13. The maximum Gasteiger partial charge on any atom is 0.224 e. The van der Waals surface area contributed by atoms with E-state index in [1.807, 2.05) is 56.6 Å². The maximum absolute atomic E-state index is 5.69. The summed E-state index contributed by atoms with van der Waals surface area (Å²) in [4.78, 5) is 10.8. The number of hydrogen-bond acceptors (Lipinski definition) is 7. The van der Waals surface area contributed by atoms with Crippen LogP contribution in [0, 0.1) is 0 Å². The topological polar surface area (TPSA) is 71.5 Å². The Morgan fingerprint density at radius 2 is 1.64 bits per heavy atom. The zero-order valence-corrected chi connectivity index (χ0v) is 16.3. The number of methoxy groups -OCH3 is 1. The van der Waals surface area contributed by atoms with Gasteiger partial charge < -0.3 is 25.0 Å². The molecule has 2 N–H and O–H groups in total. The van der Waals surface area contributed by atoms with Gasteiger partial charge in [0.05, 0.1) is 13.7 Å². The minimum Gasteiger partial charge on any atom is -0.497 e. The Balaban J connectivity index is 1.48. The summed E-state index contributed by atoms with van der Waals surface area (Å²) in [5.74, 6) is 2.87. The molecule has 3 aromatic rings. The lowest BCUT2D eigenvalue weighted by molar-refractivity contribution is 0.331. The third-order valence-electron chi connectivity index (χ3n) is 4.03. The van der Waals surface area contributed by atoms with Crippen molar-refractivity contribution < 1.29 is 9.47 Å². The molecule has 0 atom stereocenters. The highest BCUT2D eigenvalue weighted by molar-refractivity contribution is 5.60. The molecule has 3 rings (SSSR count). The molecular formula is C21H25N5O2. The Bertz CT molecular complexity index is 867. The Kier molecular flexibility index (Phi) is 6.51. The standard InChI is InChI=1S/C21H25N5O2/c1-26(2)17-6-4-16(5-7-17)24-20-12-13-22-21(25-20)23-14-15-28-19-10-8-18(27-3)9-11-19/h4-13H,14-15H2,1-3H3,(H2,22,23,24,25). The molecule has 28 heavy (non-hydrogen) atoms. The van der Waals surface area contributed by atoms with Crippen molar-refractivity contribution in [3.05, 3.63) is 60.8 Å². The van der Waals surface area contributed by atoms with Gasteiger partial charge in [0.2, 0.25) is 5.95 Å². The Hall–Kier alpha value is -3.48. The molecule has 0 bridgehead atoms. The van der Waals surface area contributed by atoms with Crippen LogP contribution in [0.3, 0.4) is 0 Å². The monoisotopic (exact) mass is 379 g/mol. The Morgan fingerprint density at radius 1 is 0.929 bits per heavy atom. The third-order valence-corrected chi connectivity index (χ3v) is 4.03. The second-order valence-electron chi connectivity index (χ2n) is 6.28. The summed E-state index contributed by atoms with van der Waals surface area (Å²) in [6, 6.07) is 17.5. The number of nitrogens with zero attached hydrogens (tertiary/aromatic N) is 3. The fourth-order valence-corrected chi connectivity index (χ4v) is 2.51. The van der Waals surface area contributed by atoms with Crippen LogP contribution < -0.4 is 25.0 Å². The molecule has 1 aromatic heterocycles. The number of anilines is 4. The number of nitrogens with one attached hydrogen (secondary N) is 2. The quantitative estimate of drug-likeness (QED) is 0.548. The van der Waals surface area contributed by atoms with Gasteiger partial charge in [-0.1, -0.05) is 0 Å².